The van der Waals surface area contributed by atoms with Gasteiger partial charge < -0.3 is 16.0 Å². The molecule has 10 nitrogen and oxygen atoms in total. The molecule has 2 aromatic rings. The van der Waals surface area contributed by atoms with Gasteiger partial charge in [0.15, 0.2) is 5.65 Å². The number of halogens is 2. The van der Waals surface area contributed by atoms with Gasteiger partial charge in [0, 0.05) is 37.8 Å². The molecule has 1 saturated heterocycles. The molecule has 0 aromatic carbocycles. The van der Waals surface area contributed by atoms with E-state index in [-0.39, 0.29) is 36.0 Å². The summed E-state index contributed by atoms with van der Waals surface area (Å²) in [5, 5.41) is 6.74. The SMILES string of the molecule is NC1CN(c2nc(NCCS(=O)(=O)NC3CCCC3)n3nc(C(F)F)cc3n2)C1. The number of nitrogens with one attached hydrogen (secondary N) is 2. The number of nitrogens with zero attached hydrogens (tertiary/aromatic N) is 5. The topological polar surface area (TPSA) is 131 Å². The number of hydrogen-bond acceptors (Lipinski definition) is 8. The van der Waals surface area contributed by atoms with Crippen LogP contribution in [-0.4, -0.2) is 65.5 Å². The summed E-state index contributed by atoms with van der Waals surface area (Å²) in [4.78, 5) is 10.4. The Morgan fingerprint density at radius 1 is 1.24 bits per heavy atom. The molecule has 2 aliphatic rings. The standard InChI is InChI=1S/C16H24F2N8O2S/c17-14(18)12-7-13-21-16(25-8-10(19)9-25)22-15(26(13)23-12)20-5-6-29(27,28)24-11-3-1-2-4-11/h7,10-11,14,24H,1-6,8-9,19H2,(H,20,21,22). The van der Waals surface area contributed by atoms with Crippen molar-refractivity contribution in [3.8, 4) is 0 Å². The largest absolute Gasteiger partial charge is 0.353 e. The molecule has 1 aliphatic heterocycles. The number of anilines is 2. The molecule has 0 atom stereocenters. The van der Waals surface area contributed by atoms with E-state index >= 15 is 0 Å². The average molecular weight is 430 g/mol. The molecule has 0 radical (unpaired) electrons. The number of aromatic nitrogens is 4. The first kappa shape index (κ1) is 20.2. The van der Waals surface area contributed by atoms with E-state index in [1.807, 2.05) is 4.90 Å². The van der Waals surface area contributed by atoms with Crippen LogP contribution in [0.4, 0.5) is 20.7 Å². The van der Waals surface area contributed by atoms with Gasteiger partial charge in [0.05, 0.1) is 5.75 Å². The maximum atomic E-state index is 13.1. The molecular weight excluding hydrogens is 406 g/mol. The number of nitrogens with two attached hydrogens (primary N) is 1. The van der Waals surface area contributed by atoms with Crippen molar-refractivity contribution in [2.24, 2.45) is 5.73 Å². The molecule has 1 saturated carbocycles. The molecule has 1 aliphatic carbocycles. The van der Waals surface area contributed by atoms with Crippen molar-refractivity contribution in [3.05, 3.63) is 11.8 Å². The molecule has 29 heavy (non-hydrogen) atoms. The monoisotopic (exact) mass is 430 g/mol. The number of rotatable bonds is 8. The Labute approximate surface area is 166 Å². The first-order valence-electron chi connectivity index (χ1n) is 9.61. The zero-order chi connectivity index (χ0) is 20.6. The van der Waals surface area contributed by atoms with Crippen LogP contribution in [0.1, 0.15) is 37.8 Å². The van der Waals surface area contributed by atoms with Crippen molar-refractivity contribution in [1.29, 1.82) is 0 Å². The third-order valence-electron chi connectivity index (χ3n) is 5.10. The molecule has 2 fully saturated rings. The van der Waals surface area contributed by atoms with Gasteiger partial charge in [-0.1, -0.05) is 12.8 Å². The van der Waals surface area contributed by atoms with Crippen LogP contribution in [0.15, 0.2) is 6.07 Å². The van der Waals surface area contributed by atoms with Gasteiger partial charge in [0.2, 0.25) is 21.9 Å². The highest BCUT2D eigenvalue weighted by Crippen LogP contribution is 2.23. The van der Waals surface area contributed by atoms with E-state index < -0.39 is 22.1 Å². The Balaban J connectivity index is 1.50. The predicted molar refractivity (Wildman–Crippen MR) is 104 cm³/mol. The lowest BCUT2D eigenvalue weighted by molar-refractivity contribution is 0.145. The summed E-state index contributed by atoms with van der Waals surface area (Å²) in [5.41, 5.74) is 5.58. The van der Waals surface area contributed by atoms with Crippen molar-refractivity contribution < 1.29 is 17.2 Å². The van der Waals surface area contributed by atoms with Gasteiger partial charge in [-0.25, -0.2) is 21.9 Å². The summed E-state index contributed by atoms with van der Waals surface area (Å²) in [5.74, 6) is 0.338. The quantitative estimate of drug-likeness (QED) is 0.551. The minimum Gasteiger partial charge on any atom is -0.353 e. The van der Waals surface area contributed by atoms with Gasteiger partial charge in [-0.3, -0.25) is 0 Å². The van der Waals surface area contributed by atoms with E-state index in [1.54, 1.807) is 0 Å². The van der Waals surface area contributed by atoms with Crippen LogP contribution in [0.5, 0.6) is 0 Å². The second-order valence-electron chi connectivity index (χ2n) is 7.50. The van der Waals surface area contributed by atoms with Crippen molar-refractivity contribution in [3.63, 3.8) is 0 Å². The minimum atomic E-state index is -3.46. The lowest BCUT2D eigenvalue weighted by atomic mass is 10.1. The molecule has 13 heteroatoms. The average Bonchev–Trinajstić information content (AvgIpc) is 3.27. The maximum absolute atomic E-state index is 13.1. The van der Waals surface area contributed by atoms with Crippen LogP contribution in [0.2, 0.25) is 0 Å². The van der Waals surface area contributed by atoms with Crippen LogP contribution >= 0.6 is 0 Å². The predicted octanol–water partition coefficient (Wildman–Crippen LogP) is 0.483. The number of sulfonamides is 1. The van der Waals surface area contributed by atoms with Crippen molar-refractivity contribution in [1.82, 2.24) is 24.3 Å². The van der Waals surface area contributed by atoms with Crippen molar-refractivity contribution in [2.75, 3.05) is 35.6 Å². The van der Waals surface area contributed by atoms with E-state index in [1.165, 1.54) is 10.6 Å². The van der Waals surface area contributed by atoms with Crippen LogP contribution in [0.25, 0.3) is 5.65 Å². The fraction of sp³-hybridized carbons (Fsp3) is 0.688. The van der Waals surface area contributed by atoms with Gasteiger partial charge in [-0.15, -0.1) is 0 Å². The second-order valence-corrected chi connectivity index (χ2v) is 9.37. The van der Waals surface area contributed by atoms with Crippen LogP contribution in [0, 0.1) is 0 Å². The molecule has 0 spiro atoms. The zero-order valence-electron chi connectivity index (χ0n) is 15.8. The summed E-state index contributed by atoms with van der Waals surface area (Å²) < 4.78 is 54.6. The summed E-state index contributed by atoms with van der Waals surface area (Å²) in [7, 11) is -3.46. The van der Waals surface area contributed by atoms with Gasteiger partial charge in [-0.05, 0) is 12.8 Å². The summed E-state index contributed by atoms with van der Waals surface area (Å²) in [6, 6.07) is 1.20. The zero-order valence-corrected chi connectivity index (χ0v) is 16.6. The Morgan fingerprint density at radius 2 is 1.97 bits per heavy atom. The number of fused-ring (bicyclic) bond motifs is 1. The van der Waals surface area contributed by atoms with E-state index in [4.69, 9.17) is 5.73 Å². The highest BCUT2D eigenvalue weighted by molar-refractivity contribution is 7.89. The fourth-order valence-electron chi connectivity index (χ4n) is 3.59. The first-order valence-corrected chi connectivity index (χ1v) is 11.3. The Kier molecular flexibility index (Phi) is 5.53. The van der Waals surface area contributed by atoms with E-state index in [0.29, 0.717) is 19.0 Å². The smallest absolute Gasteiger partial charge is 0.282 e. The Hall–Kier alpha value is -2.12. The van der Waals surface area contributed by atoms with E-state index in [2.05, 4.69) is 25.1 Å². The van der Waals surface area contributed by atoms with Gasteiger partial charge in [0.25, 0.3) is 6.43 Å². The first-order chi connectivity index (χ1) is 13.8. The lowest BCUT2D eigenvalue weighted by Gasteiger charge is -2.36. The fourth-order valence-corrected chi connectivity index (χ4v) is 4.82. The third kappa shape index (κ3) is 4.56. The summed E-state index contributed by atoms with van der Waals surface area (Å²) >= 11 is 0. The molecule has 4 rings (SSSR count). The van der Waals surface area contributed by atoms with Crippen LogP contribution in [0.3, 0.4) is 0 Å². The van der Waals surface area contributed by atoms with Crippen LogP contribution in [-0.2, 0) is 10.0 Å². The molecule has 0 unspecified atom stereocenters. The molecular formula is C16H24F2N8O2S. The third-order valence-corrected chi connectivity index (χ3v) is 6.54. The normalized spacial score (nSPS) is 18.7. The molecule has 0 bridgehead atoms. The lowest BCUT2D eigenvalue weighted by Crippen LogP contribution is -2.56. The molecule has 4 N–H and O–H groups in total. The molecule has 2 aromatic heterocycles. The highest BCUT2D eigenvalue weighted by Gasteiger charge is 2.27. The second kappa shape index (κ2) is 7.95. The van der Waals surface area contributed by atoms with E-state index in [9.17, 15) is 17.2 Å². The van der Waals surface area contributed by atoms with Gasteiger partial charge >= 0.3 is 0 Å². The van der Waals surface area contributed by atoms with Crippen molar-refractivity contribution in [2.45, 2.75) is 44.2 Å². The van der Waals surface area contributed by atoms with E-state index in [0.717, 1.165) is 25.7 Å². The summed E-state index contributed by atoms with van der Waals surface area (Å²) in [6.45, 7) is 1.17. The summed E-state index contributed by atoms with van der Waals surface area (Å²) in [6.07, 6.45) is 1.01. The number of alkyl halides is 2. The van der Waals surface area contributed by atoms with Crippen molar-refractivity contribution >= 4 is 27.6 Å². The van der Waals surface area contributed by atoms with Gasteiger partial charge in [0.1, 0.15) is 5.69 Å². The highest BCUT2D eigenvalue weighted by atomic mass is 32.2. The maximum Gasteiger partial charge on any atom is 0.282 e. The molecule has 3 heterocycles. The van der Waals surface area contributed by atoms with Gasteiger partial charge in [-0.2, -0.15) is 19.6 Å². The molecule has 160 valence electrons. The number of hydrogen-bond donors (Lipinski definition) is 3. The molecule has 0 amide bonds. The Bertz CT molecular complexity index is 971. The minimum absolute atomic E-state index is 0.00676. The van der Waals surface area contributed by atoms with Crippen LogP contribution < -0.4 is 20.7 Å². The Morgan fingerprint density at radius 3 is 2.62 bits per heavy atom.